The zero-order valence-corrected chi connectivity index (χ0v) is 23.0. The van der Waals surface area contributed by atoms with Crippen LogP contribution in [0.4, 0.5) is 0 Å². The minimum Gasteiger partial charge on any atom is -0.310 e. The number of carbonyl (C=O) groups excluding carboxylic acids is 2. The molecule has 9 heteroatoms. The second-order valence-corrected chi connectivity index (χ2v) is 12.9. The molecule has 4 bridgehead atoms. The second-order valence-electron chi connectivity index (χ2n) is 12.9. The first-order chi connectivity index (χ1) is 18.9. The van der Waals surface area contributed by atoms with Gasteiger partial charge in [-0.05, 0) is 74.8 Å². The van der Waals surface area contributed by atoms with Gasteiger partial charge in [0.05, 0.1) is 10.9 Å². The van der Waals surface area contributed by atoms with E-state index in [0.29, 0.717) is 35.2 Å². The van der Waals surface area contributed by atoms with Crippen LogP contribution in [0.3, 0.4) is 0 Å². The van der Waals surface area contributed by atoms with Gasteiger partial charge in [0.15, 0.2) is 0 Å². The smallest absolute Gasteiger partial charge is 0.262 e. The van der Waals surface area contributed by atoms with Crippen LogP contribution in [-0.4, -0.2) is 76.0 Å². The Morgan fingerprint density at radius 3 is 2.51 bits per heavy atom. The van der Waals surface area contributed by atoms with E-state index in [9.17, 15) is 14.4 Å². The van der Waals surface area contributed by atoms with Crippen LogP contribution >= 0.6 is 0 Å². The number of nitrogens with one attached hydrogen (secondary N) is 2. The summed E-state index contributed by atoms with van der Waals surface area (Å²) in [6.07, 6.45) is 7.77. The molecule has 1 aromatic heterocycles. The number of benzene rings is 1. The molecule has 3 heterocycles. The number of hydrogen-bond donors (Lipinski definition) is 2. The molecular formula is C30H40N6O3. The number of imide groups is 1. The summed E-state index contributed by atoms with van der Waals surface area (Å²) in [4.78, 5) is 47.6. The molecule has 0 spiro atoms. The molecule has 2 aliphatic heterocycles. The normalized spacial score (nSPS) is 32.8. The third kappa shape index (κ3) is 4.52. The van der Waals surface area contributed by atoms with Gasteiger partial charge in [0, 0.05) is 57.8 Å². The minimum atomic E-state index is -0.702. The van der Waals surface area contributed by atoms with E-state index in [1.54, 1.807) is 6.92 Å². The monoisotopic (exact) mass is 532 g/mol. The predicted molar refractivity (Wildman–Crippen MR) is 148 cm³/mol. The third-order valence-electron chi connectivity index (χ3n) is 10.5. The fraction of sp³-hybridized carbons (Fsp3) is 0.667. The Morgan fingerprint density at radius 2 is 1.77 bits per heavy atom. The second kappa shape index (κ2) is 9.78. The molecule has 2 amide bonds. The molecule has 2 saturated heterocycles. The zero-order valence-electron chi connectivity index (χ0n) is 23.0. The predicted octanol–water partition coefficient (Wildman–Crippen LogP) is 1.97. The van der Waals surface area contributed by atoms with Crippen molar-refractivity contribution in [2.75, 3.05) is 39.3 Å². The lowest BCUT2D eigenvalue weighted by Crippen LogP contribution is -2.52. The van der Waals surface area contributed by atoms with E-state index in [4.69, 9.17) is 4.98 Å². The van der Waals surface area contributed by atoms with Gasteiger partial charge in [0.2, 0.25) is 11.8 Å². The molecule has 4 saturated carbocycles. The lowest BCUT2D eigenvalue weighted by molar-refractivity contribution is -0.135. The van der Waals surface area contributed by atoms with Gasteiger partial charge in [-0.2, -0.15) is 0 Å². The Hall–Kier alpha value is -2.62. The molecule has 3 unspecified atom stereocenters. The molecule has 39 heavy (non-hydrogen) atoms. The van der Waals surface area contributed by atoms with E-state index in [2.05, 4.69) is 20.4 Å². The highest BCUT2D eigenvalue weighted by atomic mass is 16.2. The van der Waals surface area contributed by atoms with Crippen molar-refractivity contribution in [3.05, 3.63) is 39.9 Å². The first kappa shape index (κ1) is 25.4. The average Bonchev–Trinajstić information content (AvgIpc) is 3.29. The highest BCUT2D eigenvalue weighted by Crippen LogP contribution is 2.60. The Kier molecular flexibility index (Phi) is 6.36. The van der Waals surface area contributed by atoms with E-state index in [-0.39, 0.29) is 17.9 Å². The summed E-state index contributed by atoms with van der Waals surface area (Å²) in [6.45, 7) is 8.64. The molecule has 2 aromatic rings. The average molecular weight is 533 g/mol. The van der Waals surface area contributed by atoms with E-state index in [0.717, 1.165) is 62.6 Å². The van der Waals surface area contributed by atoms with Gasteiger partial charge >= 0.3 is 0 Å². The first-order valence-corrected chi connectivity index (χ1v) is 14.9. The van der Waals surface area contributed by atoms with Crippen LogP contribution < -0.4 is 16.2 Å². The van der Waals surface area contributed by atoms with Gasteiger partial charge in [-0.15, -0.1) is 0 Å². The fourth-order valence-electron chi connectivity index (χ4n) is 8.81. The van der Waals surface area contributed by atoms with Crippen LogP contribution in [0.25, 0.3) is 10.9 Å². The summed E-state index contributed by atoms with van der Waals surface area (Å²) >= 11 is 0. The molecule has 1 aromatic carbocycles. The molecule has 208 valence electrons. The lowest BCUT2D eigenvalue weighted by Gasteiger charge is -2.37. The highest BCUT2D eigenvalue weighted by Gasteiger charge is 2.57. The SMILES string of the molecule is Cc1nc2cccc(CN3CCN(CCNC45C[C@@H]6CC4C[C@@H](C6)C5)CC3)c2c(=O)n1C1CCC(=O)NC1=O. The van der Waals surface area contributed by atoms with Crippen LogP contribution in [0.1, 0.15) is 62.4 Å². The van der Waals surface area contributed by atoms with Crippen molar-refractivity contribution in [2.45, 2.75) is 70.0 Å². The summed E-state index contributed by atoms with van der Waals surface area (Å²) in [5.41, 5.74) is 1.88. The van der Waals surface area contributed by atoms with Crippen molar-refractivity contribution < 1.29 is 9.59 Å². The number of carbonyl (C=O) groups is 2. The van der Waals surface area contributed by atoms with Crippen molar-refractivity contribution in [3.8, 4) is 0 Å². The number of fused-ring (bicyclic) bond motifs is 1. The largest absolute Gasteiger partial charge is 0.310 e. The van der Waals surface area contributed by atoms with Gasteiger partial charge in [-0.25, -0.2) is 4.98 Å². The number of hydrogen-bond acceptors (Lipinski definition) is 7. The highest BCUT2D eigenvalue weighted by molar-refractivity contribution is 5.99. The quantitative estimate of drug-likeness (QED) is 0.526. The maximum Gasteiger partial charge on any atom is 0.262 e. The molecule has 8 rings (SSSR count). The number of piperazine rings is 1. The van der Waals surface area contributed by atoms with Crippen molar-refractivity contribution in [1.29, 1.82) is 0 Å². The third-order valence-corrected chi connectivity index (χ3v) is 10.5. The Balaban J connectivity index is 0.997. The summed E-state index contributed by atoms with van der Waals surface area (Å²) in [6, 6.07) is 5.14. The van der Waals surface area contributed by atoms with Crippen LogP contribution in [0, 0.1) is 24.7 Å². The molecule has 9 nitrogen and oxygen atoms in total. The van der Waals surface area contributed by atoms with E-state index >= 15 is 0 Å². The molecule has 4 aliphatic carbocycles. The topological polar surface area (TPSA) is 99.6 Å². The van der Waals surface area contributed by atoms with Crippen molar-refractivity contribution >= 4 is 22.7 Å². The van der Waals surface area contributed by atoms with Gasteiger partial charge in [0.1, 0.15) is 11.9 Å². The van der Waals surface area contributed by atoms with Gasteiger partial charge in [0.25, 0.3) is 5.56 Å². The number of rotatable bonds is 7. The van der Waals surface area contributed by atoms with Crippen LogP contribution in [0.5, 0.6) is 0 Å². The summed E-state index contributed by atoms with van der Waals surface area (Å²) < 4.78 is 1.49. The molecule has 2 N–H and O–H groups in total. The molecule has 6 fully saturated rings. The molecule has 0 radical (unpaired) electrons. The van der Waals surface area contributed by atoms with Crippen LogP contribution in [0.15, 0.2) is 23.0 Å². The van der Waals surface area contributed by atoms with E-state index in [1.807, 2.05) is 18.2 Å². The van der Waals surface area contributed by atoms with Gasteiger partial charge in [-0.1, -0.05) is 12.1 Å². The van der Waals surface area contributed by atoms with E-state index < -0.39 is 11.9 Å². The Bertz CT molecular complexity index is 1350. The number of nitrogens with zero attached hydrogens (tertiary/aromatic N) is 4. The first-order valence-electron chi connectivity index (χ1n) is 14.9. The standard InChI is InChI=1S/C30H40N6O3/c1-19-32-24-4-2-3-22(27(24)29(39)36(19)25-5-6-26(37)33-28(25)38)18-35-11-9-34(10-12-35)8-7-31-30-16-20-13-21(17-30)15-23(30)14-20/h2-4,20-21,23,25,31H,5-18H2,1H3,(H,33,37,38)/t20-,21+,23?,25?,30?. The van der Waals surface area contributed by atoms with Crippen molar-refractivity contribution in [2.24, 2.45) is 17.8 Å². The molecule has 5 atom stereocenters. The van der Waals surface area contributed by atoms with Gasteiger partial charge < -0.3 is 5.32 Å². The Labute approximate surface area is 229 Å². The maximum absolute atomic E-state index is 13.7. The number of aryl methyl sites for hydroxylation is 1. The fourth-order valence-corrected chi connectivity index (χ4v) is 8.81. The van der Waals surface area contributed by atoms with Crippen molar-refractivity contribution in [3.63, 3.8) is 0 Å². The van der Waals surface area contributed by atoms with Crippen molar-refractivity contribution in [1.82, 2.24) is 30.0 Å². The summed E-state index contributed by atoms with van der Waals surface area (Å²) in [7, 11) is 0. The van der Waals surface area contributed by atoms with Gasteiger partial charge in [-0.3, -0.25) is 34.1 Å². The van der Waals surface area contributed by atoms with Crippen LogP contribution in [-0.2, 0) is 16.1 Å². The van der Waals surface area contributed by atoms with Crippen LogP contribution in [0.2, 0.25) is 0 Å². The maximum atomic E-state index is 13.7. The molecular weight excluding hydrogens is 492 g/mol. The zero-order chi connectivity index (χ0) is 26.7. The summed E-state index contributed by atoms with van der Waals surface area (Å²) in [5.74, 6) is 2.69. The number of aromatic nitrogens is 2. The van der Waals surface area contributed by atoms with E-state index in [1.165, 1.54) is 36.7 Å². The lowest BCUT2D eigenvalue weighted by atomic mass is 9.80. The molecule has 6 aliphatic rings. The Morgan fingerprint density at radius 1 is 1.03 bits per heavy atom. The summed E-state index contributed by atoms with van der Waals surface area (Å²) in [5, 5.41) is 7.00. The number of amides is 2. The minimum absolute atomic E-state index is 0.193. The number of piperidine rings is 1.